The van der Waals surface area contributed by atoms with E-state index in [1.165, 1.54) is 42.8 Å². The number of amides is 4. The molecule has 11 rings (SSSR count). The van der Waals surface area contributed by atoms with E-state index >= 15 is 0 Å². The number of ether oxygens (including phenoxy) is 1. The molecule has 22 nitrogen and oxygen atoms in total. The highest BCUT2D eigenvalue weighted by Crippen LogP contribution is 2.42. The maximum atomic E-state index is 14.1. The van der Waals surface area contributed by atoms with Crippen LogP contribution in [0.15, 0.2) is 91.9 Å². The van der Waals surface area contributed by atoms with Crippen LogP contribution < -0.4 is 40.1 Å². The number of benzene rings is 2. The second-order valence-electron chi connectivity index (χ2n) is 22.7. The van der Waals surface area contributed by atoms with Gasteiger partial charge in [0.2, 0.25) is 5.91 Å². The number of pyridine rings is 2. The fraction of sp³-hybridized carbons (Fsp3) is 0.379. The largest absolute Gasteiger partial charge is 0.478 e. The van der Waals surface area contributed by atoms with Gasteiger partial charge in [-0.2, -0.15) is 0 Å². The Labute approximate surface area is 469 Å². The van der Waals surface area contributed by atoms with Gasteiger partial charge in [0.1, 0.15) is 11.5 Å². The summed E-state index contributed by atoms with van der Waals surface area (Å²) in [6.45, 7) is 17.8. The maximum Gasteiger partial charge on any atom is 0.401 e. The Hall–Kier alpha value is -7.85. The highest BCUT2D eigenvalue weighted by Gasteiger charge is 2.41. The molecule has 6 aromatic rings. The third kappa shape index (κ3) is 10.6. The van der Waals surface area contributed by atoms with Crippen LogP contribution in [0.2, 0.25) is 0 Å². The first-order valence-corrected chi connectivity index (χ1v) is 28.7. The molecule has 81 heavy (non-hydrogen) atoms. The smallest absolute Gasteiger partial charge is 0.401 e. The first kappa shape index (κ1) is 55.1. The van der Waals surface area contributed by atoms with E-state index < -0.39 is 31.7 Å². The van der Waals surface area contributed by atoms with Gasteiger partial charge in [-0.05, 0) is 124 Å². The number of anilines is 7. The highest BCUT2D eigenvalue weighted by atomic mass is 31.2. The molecule has 1 aliphatic carbocycles. The third-order valence-corrected chi connectivity index (χ3v) is 17.1. The Morgan fingerprint density at radius 3 is 2.37 bits per heavy atom. The Morgan fingerprint density at radius 2 is 1.64 bits per heavy atom. The number of piperazine rings is 1. The van der Waals surface area contributed by atoms with Gasteiger partial charge in [0.15, 0.2) is 5.82 Å². The van der Waals surface area contributed by atoms with Crippen molar-refractivity contribution in [3.63, 3.8) is 0 Å². The van der Waals surface area contributed by atoms with Gasteiger partial charge in [-0.3, -0.25) is 34.0 Å². The van der Waals surface area contributed by atoms with Gasteiger partial charge in [0, 0.05) is 98.5 Å². The number of aromatic nitrogens is 5. The molecule has 8 heterocycles. The zero-order chi connectivity index (χ0) is 57.3. The van der Waals surface area contributed by atoms with E-state index in [2.05, 4.69) is 77.3 Å². The number of hydrogen-bond donors (Lipinski definition) is 6. The molecule has 4 aliphatic heterocycles. The minimum absolute atomic E-state index is 0.0654. The molecule has 5 aliphatic rings. The fourth-order valence-corrected chi connectivity index (χ4v) is 13.2. The summed E-state index contributed by atoms with van der Waals surface area (Å²) >= 11 is 0. The molecule has 2 saturated heterocycles. The van der Waals surface area contributed by atoms with Gasteiger partial charge in [-0.25, -0.2) is 29.5 Å². The molecule has 0 saturated carbocycles. The Morgan fingerprint density at radius 1 is 0.877 bits per heavy atom. The Bertz CT molecular complexity index is 3590. The van der Waals surface area contributed by atoms with Crippen molar-refractivity contribution in [1.82, 2.24) is 34.5 Å². The van der Waals surface area contributed by atoms with Crippen molar-refractivity contribution in [2.75, 3.05) is 76.6 Å². The zero-order valence-corrected chi connectivity index (χ0v) is 47.0. The Kier molecular flexibility index (Phi) is 14.4. The van der Waals surface area contributed by atoms with E-state index in [9.17, 15) is 38.6 Å². The summed E-state index contributed by atoms with van der Waals surface area (Å²) in [5.74, 6) is -0.647. The second-order valence-corrected chi connectivity index (χ2v) is 24.0. The van der Waals surface area contributed by atoms with Crippen LogP contribution in [0.25, 0.3) is 11.3 Å². The van der Waals surface area contributed by atoms with Gasteiger partial charge in [0.05, 0.1) is 65.0 Å². The van der Waals surface area contributed by atoms with Crippen LogP contribution in [0.3, 0.4) is 0 Å². The Balaban J connectivity index is 0.753. The molecule has 23 heteroatoms. The fourth-order valence-electron chi connectivity index (χ4n) is 12.4. The predicted molar refractivity (Wildman–Crippen MR) is 307 cm³/mol. The molecule has 6 N–H and O–H groups in total. The summed E-state index contributed by atoms with van der Waals surface area (Å²) in [4.78, 5) is 102. The number of imide groups is 1. The summed E-state index contributed by atoms with van der Waals surface area (Å²) in [6.07, 6.45) is 9.39. The van der Waals surface area contributed by atoms with E-state index in [0.29, 0.717) is 65.4 Å². The van der Waals surface area contributed by atoms with Crippen LogP contribution >= 0.6 is 7.75 Å². The highest BCUT2D eigenvalue weighted by molar-refractivity contribution is 7.49. The lowest BCUT2D eigenvalue weighted by Gasteiger charge is -2.47. The number of nitrogens with zero attached hydrogens (tertiary/aromatic N) is 10. The van der Waals surface area contributed by atoms with Crippen LogP contribution in [-0.2, 0) is 40.9 Å². The SMILES string of the molecule is C=CC(=O)Nc1cc(Nc2nc(-c3ccnc(N4CCn5c(cc6c5CC(C)(C)C6)C4=O)c3CO)cnc2OC)ccc1N1CCN(C2CCN(c3ccc4c(c3)C(=O)N(c3ccnc(C(C)(C)NP(=O)(O)O)c3)C4=O)CC2)C[C@@H]1C. The van der Waals surface area contributed by atoms with Crippen molar-refractivity contribution in [3.05, 3.63) is 131 Å². The topological polar surface area (TPSA) is 264 Å². The molecule has 422 valence electrons. The van der Waals surface area contributed by atoms with E-state index in [0.717, 1.165) is 68.1 Å². The van der Waals surface area contributed by atoms with E-state index in [-0.39, 0.29) is 57.5 Å². The molecular formula is C58H66N13O9P. The number of carbonyl (C=O) groups excluding carboxylic acids is 4. The van der Waals surface area contributed by atoms with Crippen LogP contribution in [0.1, 0.15) is 101 Å². The van der Waals surface area contributed by atoms with E-state index in [4.69, 9.17) is 9.72 Å². The van der Waals surface area contributed by atoms with E-state index in [1.54, 1.807) is 49.3 Å². The number of rotatable bonds is 15. The molecule has 0 unspecified atom stereocenters. The summed E-state index contributed by atoms with van der Waals surface area (Å²) < 4.78 is 19.6. The van der Waals surface area contributed by atoms with Gasteiger partial charge in [-0.1, -0.05) is 20.4 Å². The molecule has 4 amide bonds. The molecule has 0 spiro atoms. The summed E-state index contributed by atoms with van der Waals surface area (Å²) in [6, 6.07) is 18.2. The van der Waals surface area contributed by atoms with Crippen molar-refractivity contribution in [2.45, 2.75) is 91.1 Å². The predicted octanol–water partition coefficient (Wildman–Crippen LogP) is 6.79. The number of piperidine rings is 1. The lowest BCUT2D eigenvalue weighted by atomic mass is 9.90. The van der Waals surface area contributed by atoms with Gasteiger partial charge < -0.3 is 44.6 Å². The summed E-state index contributed by atoms with van der Waals surface area (Å²) in [5.41, 5.74) is 7.26. The number of aliphatic hydroxyl groups is 1. The number of nitrogens with one attached hydrogen (secondary N) is 3. The number of methoxy groups -OCH3 is 1. The lowest BCUT2D eigenvalue weighted by Crippen LogP contribution is -2.57. The first-order valence-electron chi connectivity index (χ1n) is 27.1. The molecule has 2 aromatic carbocycles. The zero-order valence-electron chi connectivity index (χ0n) is 46.1. The maximum absolute atomic E-state index is 14.1. The van der Waals surface area contributed by atoms with Crippen molar-refractivity contribution >= 4 is 71.4 Å². The normalized spacial score (nSPS) is 18.5. The van der Waals surface area contributed by atoms with E-state index in [1.807, 2.05) is 30.3 Å². The minimum Gasteiger partial charge on any atom is -0.478 e. The quantitative estimate of drug-likeness (QED) is 0.0351. The van der Waals surface area contributed by atoms with Gasteiger partial charge in [0.25, 0.3) is 23.6 Å². The molecule has 0 radical (unpaired) electrons. The first-order chi connectivity index (χ1) is 38.6. The number of aliphatic hydroxyl groups excluding tert-OH is 1. The van der Waals surface area contributed by atoms with Crippen LogP contribution in [0.5, 0.6) is 5.88 Å². The molecule has 1 atom stereocenters. The second kappa shape index (κ2) is 21.2. The number of hydrogen-bond acceptors (Lipinski definition) is 15. The third-order valence-electron chi connectivity index (χ3n) is 16.2. The molecular weight excluding hydrogens is 1050 g/mol. The number of carbonyl (C=O) groups is 4. The van der Waals surface area contributed by atoms with Crippen molar-refractivity contribution in [3.8, 4) is 17.1 Å². The average Bonchev–Trinajstić information content (AvgIpc) is 3.58. The molecule has 0 bridgehead atoms. The molecule has 4 aromatic heterocycles. The standard InChI is InChI=1S/C58H66N13O9P/c1-8-50(73)63-44-26-36(62-51-53(80-7)61-31-45(64-51)40-14-18-60-52(43(40)33-72)70-24-23-69-47(56(70)76)25-35-29-57(3,4)30-48(35)69)9-12-46(44)68-22-21-67(32-34(68)2)37-15-19-66(20-16-37)38-10-11-41-42(27-38)55(75)71(54(41)74)39-13-17-59-49(28-39)58(5,6)65-81(77,78)79/h8-14,17-18,25-28,31,34,37,72H,1,15-16,19-24,29-30,32-33H2,2-7H3,(H,62,64)(H,63,73)(H3,65,77,78,79)/t34-/m0/s1. The lowest BCUT2D eigenvalue weighted by molar-refractivity contribution is -0.111. The number of fused-ring (bicyclic) bond motifs is 4. The average molecular weight is 1120 g/mol. The monoisotopic (exact) mass is 1120 g/mol. The molecule has 2 fully saturated rings. The minimum atomic E-state index is -4.63. The van der Waals surface area contributed by atoms with Crippen LogP contribution in [0.4, 0.5) is 40.1 Å². The van der Waals surface area contributed by atoms with Crippen molar-refractivity contribution in [1.29, 1.82) is 0 Å². The van der Waals surface area contributed by atoms with Crippen molar-refractivity contribution < 1.29 is 43.4 Å². The van der Waals surface area contributed by atoms with Crippen molar-refractivity contribution in [2.24, 2.45) is 5.41 Å². The summed E-state index contributed by atoms with van der Waals surface area (Å²) in [7, 11) is -3.13. The summed E-state index contributed by atoms with van der Waals surface area (Å²) in [5, 5.41) is 19.5. The van der Waals surface area contributed by atoms with Crippen LogP contribution in [0, 0.1) is 5.41 Å². The van der Waals surface area contributed by atoms with Crippen LogP contribution in [-0.4, -0.2) is 126 Å². The van der Waals surface area contributed by atoms with Gasteiger partial charge in [-0.15, -0.1) is 0 Å². The van der Waals surface area contributed by atoms with Gasteiger partial charge >= 0.3 is 7.75 Å².